The van der Waals surface area contributed by atoms with Crippen molar-refractivity contribution in [3.8, 4) is 0 Å². The Hall–Kier alpha value is -0.460. The fraction of sp³-hybridized carbons (Fsp3) is 0.500. The first-order chi connectivity index (χ1) is 8.27. The summed E-state index contributed by atoms with van der Waals surface area (Å²) in [4.78, 5) is 0. The summed E-state index contributed by atoms with van der Waals surface area (Å²) < 4.78 is 36.8. The second-order valence-electron chi connectivity index (χ2n) is 4.24. The van der Waals surface area contributed by atoms with Gasteiger partial charge in [-0.15, -0.1) is 0 Å². The van der Waals surface area contributed by atoms with Gasteiger partial charge in [0.25, 0.3) is 0 Å². The van der Waals surface area contributed by atoms with Crippen LogP contribution >= 0.6 is 15.9 Å². The molecule has 6 heteroatoms. The van der Waals surface area contributed by atoms with E-state index in [0.29, 0.717) is 11.0 Å². The summed E-state index contributed by atoms with van der Waals surface area (Å²) in [5.41, 5.74) is 0.753. The van der Waals surface area contributed by atoms with Crippen LogP contribution in [0.15, 0.2) is 22.7 Å². The zero-order valence-corrected chi connectivity index (χ0v) is 13.0. The highest BCUT2D eigenvalue weighted by molar-refractivity contribution is 9.10. The maximum atomic E-state index is 13.2. The Balaban J connectivity index is 3.15. The molecule has 0 radical (unpaired) electrons. The third kappa shape index (κ3) is 3.76. The Bertz CT molecular complexity index is 519. The van der Waals surface area contributed by atoms with Crippen LogP contribution in [0.2, 0.25) is 0 Å². The Labute approximate surface area is 116 Å². The van der Waals surface area contributed by atoms with Gasteiger partial charge in [0, 0.05) is 12.3 Å². The summed E-state index contributed by atoms with van der Waals surface area (Å²) in [5, 5.41) is 2.56. The number of halogens is 2. The first-order valence-electron chi connectivity index (χ1n) is 5.64. The summed E-state index contributed by atoms with van der Waals surface area (Å²) in [6.45, 7) is 4.19. The molecular formula is C12H17BrFNO2S. The van der Waals surface area contributed by atoms with Crippen molar-refractivity contribution in [3.05, 3.63) is 34.1 Å². The van der Waals surface area contributed by atoms with Crippen molar-refractivity contribution in [3.63, 3.8) is 0 Å². The zero-order valence-electron chi connectivity index (χ0n) is 10.6. The van der Waals surface area contributed by atoms with Gasteiger partial charge >= 0.3 is 0 Å². The van der Waals surface area contributed by atoms with E-state index in [1.807, 2.05) is 6.92 Å². The van der Waals surface area contributed by atoms with Crippen molar-refractivity contribution in [1.29, 1.82) is 0 Å². The molecule has 0 bridgehead atoms. The van der Waals surface area contributed by atoms with Crippen LogP contribution in [-0.4, -0.2) is 26.5 Å². The topological polar surface area (TPSA) is 46.2 Å². The molecule has 1 aromatic rings. The minimum absolute atomic E-state index is 0.337. The number of benzene rings is 1. The van der Waals surface area contributed by atoms with E-state index in [-0.39, 0.29) is 11.9 Å². The van der Waals surface area contributed by atoms with Gasteiger partial charge in [-0.25, -0.2) is 12.8 Å². The van der Waals surface area contributed by atoms with Gasteiger partial charge in [0.05, 0.1) is 9.72 Å². The molecule has 1 rings (SSSR count). The quantitative estimate of drug-likeness (QED) is 0.898. The summed E-state index contributed by atoms with van der Waals surface area (Å²) in [6.07, 6.45) is 1.21. The van der Waals surface area contributed by atoms with E-state index in [2.05, 4.69) is 21.2 Å². The Kier molecular flexibility index (Phi) is 5.31. The molecule has 2 unspecified atom stereocenters. The maximum absolute atomic E-state index is 13.2. The van der Waals surface area contributed by atoms with E-state index >= 15 is 0 Å². The summed E-state index contributed by atoms with van der Waals surface area (Å²) in [6, 6.07) is 4.21. The number of sulfone groups is 1. The molecule has 0 fully saturated rings. The monoisotopic (exact) mass is 337 g/mol. The van der Waals surface area contributed by atoms with Gasteiger partial charge < -0.3 is 5.32 Å². The molecule has 0 aliphatic rings. The average Bonchev–Trinajstić information content (AvgIpc) is 2.28. The highest BCUT2D eigenvalue weighted by atomic mass is 79.9. The molecule has 0 aromatic heterocycles. The highest BCUT2D eigenvalue weighted by Gasteiger charge is 2.27. The van der Waals surface area contributed by atoms with Crippen molar-refractivity contribution in [2.45, 2.75) is 25.1 Å². The van der Waals surface area contributed by atoms with Crippen LogP contribution in [-0.2, 0) is 9.84 Å². The van der Waals surface area contributed by atoms with Gasteiger partial charge in [-0.3, -0.25) is 0 Å². The number of rotatable bonds is 5. The fourth-order valence-corrected chi connectivity index (χ4v) is 2.87. The second-order valence-corrected chi connectivity index (χ2v) is 7.50. The van der Waals surface area contributed by atoms with Crippen LogP contribution in [0.4, 0.5) is 4.39 Å². The Morgan fingerprint density at radius 2 is 2.06 bits per heavy atom. The van der Waals surface area contributed by atoms with Crippen LogP contribution < -0.4 is 5.32 Å². The summed E-state index contributed by atoms with van der Waals surface area (Å²) in [5.74, 6) is -0.360. The van der Waals surface area contributed by atoms with E-state index in [1.54, 1.807) is 19.1 Å². The van der Waals surface area contributed by atoms with Gasteiger partial charge in [0.1, 0.15) is 5.82 Å². The van der Waals surface area contributed by atoms with Crippen molar-refractivity contribution >= 4 is 25.8 Å². The zero-order chi connectivity index (χ0) is 13.9. The van der Waals surface area contributed by atoms with E-state index in [0.717, 1.165) is 5.56 Å². The van der Waals surface area contributed by atoms with Crippen LogP contribution in [0.5, 0.6) is 0 Å². The minimum Gasteiger partial charge on any atom is -0.309 e. The van der Waals surface area contributed by atoms with Gasteiger partial charge in [-0.1, -0.05) is 13.0 Å². The van der Waals surface area contributed by atoms with E-state index in [1.165, 1.54) is 12.3 Å². The molecule has 0 saturated carbocycles. The van der Waals surface area contributed by atoms with Crippen molar-refractivity contribution < 1.29 is 12.8 Å². The smallest absolute Gasteiger partial charge is 0.151 e. The first-order valence-corrected chi connectivity index (χ1v) is 8.39. The van der Waals surface area contributed by atoms with Gasteiger partial charge in [-0.05, 0) is 47.1 Å². The van der Waals surface area contributed by atoms with Gasteiger partial charge in [-0.2, -0.15) is 0 Å². The average molecular weight is 338 g/mol. The summed E-state index contributed by atoms with van der Waals surface area (Å²) >= 11 is 3.11. The molecule has 3 nitrogen and oxygen atoms in total. The number of hydrogen-bond acceptors (Lipinski definition) is 3. The molecule has 2 atom stereocenters. The Morgan fingerprint density at radius 3 is 2.50 bits per heavy atom. The predicted molar refractivity (Wildman–Crippen MR) is 74.8 cm³/mol. The lowest BCUT2D eigenvalue weighted by Gasteiger charge is -2.24. The number of nitrogens with one attached hydrogen (secondary N) is 1. The van der Waals surface area contributed by atoms with Crippen molar-refractivity contribution in [2.75, 3.05) is 12.8 Å². The van der Waals surface area contributed by atoms with Crippen molar-refractivity contribution in [1.82, 2.24) is 5.32 Å². The summed E-state index contributed by atoms with van der Waals surface area (Å²) in [7, 11) is -3.17. The highest BCUT2D eigenvalue weighted by Crippen LogP contribution is 2.26. The number of hydrogen-bond donors (Lipinski definition) is 1. The lowest BCUT2D eigenvalue weighted by molar-refractivity contribution is 0.511. The van der Waals surface area contributed by atoms with Crippen LogP contribution in [0.3, 0.4) is 0 Å². The van der Waals surface area contributed by atoms with Crippen LogP contribution in [0.25, 0.3) is 0 Å². The molecule has 0 spiro atoms. The molecule has 18 heavy (non-hydrogen) atoms. The molecule has 0 amide bonds. The standard InChI is InChI=1S/C12H17BrFNO2S/c1-4-15-12(8(2)18(3,16)17)9-5-6-11(14)10(13)7-9/h5-8,12,15H,4H2,1-3H3. The molecular weight excluding hydrogens is 321 g/mol. The third-order valence-electron chi connectivity index (χ3n) is 2.87. The molecule has 102 valence electrons. The molecule has 0 saturated heterocycles. The van der Waals surface area contributed by atoms with Gasteiger partial charge in [0.2, 0.25) is 0 Å². The first kappa shape index (κ1) is 15.6. The molecule has 0 aliphatic carbocycles. The molecule has 0 aliphatic heterocycles. The lowest BCUT2D eigenvalue weighted by Crippen LogP contribution is -2.35. The van der Waals surface area contributed by atoms with Gasteiger partial charge in [0.15, 0.2) is 9.84 Å². The second kappa shape index (κ2) is 6.12. The molecule has 1 N–H and O–H groups in total. The SMILES string of the molecule is CCNC(c1ccc(F)c(Br)c1)C(C)S(C)(=O)=O. The van der Waals surface area contributed by atoms with Crippen molar-refractivity contribution in [2.24, 2.45) is 0 Å². The molecule has 1 aromatic carbocycles. The third-order valence-corrected chi connectivity index (χ3v) is 5.10. The minimum atomic E-state index is -3.17. The largest absolute Gasteiger partial charge is 0.309 e. The van der Waals surface area contributed by atoms with E-state index in [9.17, 15) is 12.8 Å². The lowest BCUT2D eigenvalue weighted by atomic mass is 10.0. The van der Waals surface area contributed by atoms with Crippen LogP contribution in [0.1, 0.15) is 25.5 Å². The van der Waals surface area contributed by atoms with E-state index in [4.69, 9.17) is 0 Å². The maximum Gasteiger partial charge on any atom is 0.151 e. The predicted octanol–water partition coefficient (Wildman–Crippen LogP) is 2.67. The Morgan fingerprint density at radius 1 is 1.44 bits per heavy atom. The van der Waals surface area contributed by atoms with E-state index < -0.39 is 15.1 Å². The normalized spacial score (nSPS) is 15.4. The fourth-order valence-electron chi connectivity index (χ4n) is 1.73. The molecule has 0 heterocycles. The van der Waals surface area contributed by atoms with Crippen LogP contribution in [0, 0.1) is 5.82 Å².